The van der Waals surface area contributed by atoms with Crippen molar-refractivity contribution in [2.24, 2.45) is 0 Å². The van der Waals surface area contributed by atoms with Gasteiger partial charge in [0.05, 0.1) is 7.11 Å². The van der Waals surface area contributed by atoms with E-state index in [-0.39, 0.29) is 18.1 Å². The van der Waals surface area contributed by atoms with E-state index in [1.54, 1.807) is 42.5 Å². The molecule has 0 radical (unpaired) electrons. The topological polar surface area (TPSA) is 77.8 Å². The van der Waals surface area contributed by atoms with Crippen molar-refractivity contribution in [1.82, 2.24) is 0 Å². The fraction of sp³-hybridized carbons (Fsp3) is 0.100. The van der Waals surface area contributed by atoms with Crippen molar-refractivity contribution in [1.29, 1.82) is 0 Å². The third-order valence-corrected chi connectivity index (χ3v) is 3.69. The van der Waals surface area contributed by atoms with Gasteiger partial charge in [0.15, 0.2) is 5.76 Å². The molecule has 0 atom stereocenters. The summed E-state index contributed by atoms with van der Waals surface area (Å²) in [6.45, 7) is -0.132. The molecule has 0 fully saturated rings. The molecule has 138 valence electrons. The van der Waals surface area contributed by atoms with Crippen LogP contribution < -0.4 is 20.2 Å². The predicted molar refractivity (Wildman–Crippen MR) is 96.7 cm³/mol. The lowest BCUT2D eigenvalue weighted by atomic mass is 10.2. The second-order valence-corrected chi connectivity index (χ2v) is 5.54. The molecule has 0 unspecified atom stereocenters. The Bertz CT molecular complexity index is 1020. The van der Waals surface area contributed by atoms with Gasteiger partial charge in [-0.3, -0.25) is 9.59 Å². The van der Waals surface area contributed by atoms with Crippen LogP contribution in [-0.4, -0.2) is 13.0 Å². The quantitative estimate of drug-likeness (QED) is 0.718. The first-order valence-electron chi connectivity index (χ1n) is 8.01. The van der Waals surface area contributed by atoms with Gasteiger partial charge >= 0.3 is 0 Å². The van der Waals surface area contributed by atoms with Crippen LogP contribution in [0.15, 0.2) is 70.1 Å². The van der Waals surface area contributed by atoms with Crippen LogP contribution in [0, 0.1) is 5.82 Å². The minimum absolute atomic E-state index is 0.115. The van der Waals surface area contributed by atoms with Crippen molar-refractivity contribution in [3.63, 3.8) is 0 Å². The fourth-order valence-corrected chi connectivity index (χ4v) is 2.29. The number of nitrogens with one attached hydrogen (secondary N) is 1. The van der Waals surface area contributed by atoms with Crippen LogP contribution in [0.5, 0.6) is 11.5 Å². The number of anilines is 1. The SMILES string of the molecule is COc1cccc(NC(=O)c2cc(=O)c(OCc3ccccc3F)co2)c1. The van der Waals surface area contributed by atoms with Gasteiger partial charge in [0.1, 0.15) is 24.4 Å². The first-order chi connectivity index (χ1) is 13.1. The van der Waals surface area contributed by atoms with Crippen LogP contribution in [0.25, 0.3) is 0 Å². The number of ether oxygens (including phenoxy) is 2. The normalized spacial score (nSPS) is 10.3. The van der Waals surface area contributed by atoms with E-state index < -0.39 is 17.2 Å². The molecule has 7 heteroatoms. The highest BCUT2D eigenvalue weighted by atomic mass is 19.1. The zero-order chi connectivity index (χ0) is 19.2. The third kappa shape index (κ3) is 4.52. The van der Waals surface area contributed by atoms with Crippen LogP contribution >= 0.6 is 0 Å². The molecule has 0 bridgehead atoms. The molecule has 1 aromatic heterocycles. The number of rotatable bonds is 6. The van der Waals surface area contributed by atoms with Crippen molar-refractivity contribution in [3.8, 4) is 11.5 Å². The van der Waals surface area contributed by atoms with Gasteiger partial charge in [0.2, 0.25) is 11.2 Å². The Kier molecular flexibility index (Phi) is 5.51. The van der Waals surface area contributed by atoms with E-state index in [9.17, 15) is 14.0 Å². The highest BCUT2D eigenvalue weighted by molar-refractivity contribution is 6.02. The summed E-state index contributed by atoms with van der Waals surface area (Å²) in [6.07, 6.45) is 1.03. The average Bonchev–Trinajstić information content (AvgIpc) is 2.68. The third-order valence-electron chi connectivity index (χ3n) is 3.69. The van der Waals surface area contributed by atoms with Crippen molar-refractivity contribution >= 4 is 11.6 Å². The zero-order valence-electron chi connectivity index (χ0n) is 14.4. The van der Waals surface area contributed by atoms with Gasteiger partial charge in [-0.25, -0.2) is 4.39 Å². The van der Waals surface area contributed by atoms with Crippen molar-refractivity contribution < 1.29 is 23.1 Å². The van der Waals surface area contributed by atoms with Gasteiger partial charge in [-0.1, -0.05) is 24.3 Å². The summed E-state index contributed by atoms with van der Waals surface area (Å²) in [5.74, 6) is -0.749. The minimum Gasteiger partial charge on any atom is -0.497 e. The Morgan fingerprint density at radius 1 is 1.15 bits per heavy atom. The summed E-state index contributed by atoms with van der Waals surface area (Å²) < 4.78 is 29.1. The first kappa shape index (κ1) is 18.2. The summed E-state index contributed by atoms with van der Waals surface area (Å²) in [6, 6.07) is 13.8. The van der Waals surface area contributed by atoms with E-state index in [1.165, 1.54) is 13.2 Å². The van der Waals surface area contributed by atoms with Crippen LogP contribution in [0.1, 0.15) is 16.1 Å². The standard InChI is InChI=1S/C20H16FNO5/c1-25-15-7-4-6-14(9-15)22-20(24)18-10-17(23)19(12-27-18)26-11-13-5-2-3-8-16(13)21/h2-10,12H,11H2,1H3,(H,22,24). The summed E-state index contributed by atoms with van der Waals surface area (Å²) in [7, 11) is 1.51. The van der Waals surface area contributed by atoms with Gasteiger partial charge in [-0.15, -0.1) is 0 Å². The maximum Gasteiger partial charge on any atom is 0.291 e. The first-order valence-corrected chi connectivity index (χ1v) is 8.01. The second-order valence-electron chi connectivity index (χ2n) is 5.54. The molecule has 0 saturated heterocycles. The van der Waals surface area contributed by atoms with E-state index in [0.717, 1.165) is 12.3 Å². The minimum atomic E-state index is -0.596. The van der Waals surface area contributed by atoms with Gasteiger partial charge in [-0.2, -0.15) is 0 Å². The zero-order valence-corrected chi connectivity index (χ0v) is 14.4. The smallest absolute Gasteiger partial charge is 0.291 e. The number of amides is 1. The molecule has 1 heterocycles. The number of carbonyl (C=O) groups is 1. The molecule has 2 aromatic carbocycles. The predicted octanol–water partition coefficient (Wildman–Crippen LogP) is 3.62. The van der Waals surface area contributed by atoms with E-state index in [0.29, 0.717) is 17.0 Å². The Balaban J connectivity index is 1.69. The highest BCUT2D eigenvalue weighted by Crippen LogP contribution is 2.18. The Hall–Kier alpha value is -3.61. The molecular weight excluding hydrogens is 353 g/mol. The molecule has 1 N–H and O–H groups in total. The van der Waals surface area contributed by atoms with Crippen molar-refractivity contribution in [2.45, 2.75) is 6.61 Å². The second kappa shape index (κ2) is 8.18. The molecule has 0 aliphatic rings. The maximum absolute atomic E-state index is 13.6. The van der Waals surface area contributed by atoms with Crippen molar-refractivity contribution in [2.75, 3.05) is 12.4 Å². The fourth-order valence-electron chi connectivity index (χ4n) is 2.29. The molecule has 0 saturated carbocycles. The number of halogens is 1. The summed E-state index contributed by atoms with van der Waals surface area (Å²) >= 11 is 0. The molecule has 27 heavy (non-hydrogen) atoms. The molecule has 1 amide bonds. The van der Waals surface area contributed by atoms with Crippen LogP contribution in [0.3, 0.4) is 0 Å². The molecule has 6 nitrogen and oxygen atoms in total. The van der Waals surface area contributed by atoms with Crippen LogP contribution in [0.2, 0.25) is 0 Å². The molecule has 0 aliphatic heterocycles. The number of hydrogen-bond donors (Lipinski definition) is 1. The monoisotopic (exact) mass is 369 g/mol. The Morgan fingerprint density at radius 2 is 1.96 bits per heavy atom. The van der Waals surface area contributed by atoms with Crippen molar-refractivity contribution in [3.05, 3.63) is 88.2 Å². The molecule has 0 spiro atoms. The molecular formula is C20H16FNO5. The van der Waals surface area contributed by atoms with Gasteiger partial charge in [-0.05, 0) is 18.2 Å². The van der Waals surface area contributed by atoms with Crippen LogP contribution in [0.4, 0.5) is 10.1 Å². The molecule has 3 aromatic rings. The summed E-state index contributed by atoms with van der Waals surface area (Å²) in [4.78, 5) is 24.4. The number of benzene rings is 2. The van der Waals surface area contributed by atoms with E-state index in [2.05, 4.69) is 5.32 Å². The van der Waals surface area contributed by atoms with Gasteiger partial charge < -0.3 is 19.2 Å². The number of carbonyl (C=O) groups excluding carboxylic acids is 1. The van der Waals surface area contributed by atoms with E-state index in [1.807, 2.05) is 0 Å². The lowest BCUT2D eigenvalue weighted by Crippen LogP contribution is -2.16. The number of hydrogen-bond acceptors (Lipinski definition) is 5. The van der Waals surface area contributed by atoms with Gasteiger partial charge in [0.25, 0.3) is 5.91 Å². The van der Waals surface area contributed by atoms with Gasteiger partial charge in [0, 0.05) is 23.4 Å². The summed E-state index contributed by atoms with van der Waals surface area (Å²) in [5, 5.41) is 2.60. The largest absolute Gasteiger partial charge is 0.497 e. The van der Waals surface area contributed by atoms with E-state index >= 15 is 0 Å². The van der Waals surface area contributed by atoms with Crippen LogP contribution in [-0.2, 0) is 6.61 Å². The molecule has 0 aliphatic carbocycles. The maximum atomic E-state index is 13.6. The average molecular weight is 369 g/mol. The highest BCUT2D eigenvalue weighted by Gasteiger charge is 2.13. The molecule has 3 rings (SSSR count). The van der Waals surface area contributed by atoms with E-state index in [4.69, 9.17) is 13.9 Å². The Labute approximate surface area is 154 Å². The lowest BCUT2D eigenvalue weighted by molar-refractivity contribution is 0.0993. The lowest BCUT2D eigenvalue weighted by Gasteiger charge is -2.08. The Morgan fingerprint density at radius 3 is 2.70 bits per heavy atom. The number of methoxy groups -OCH3 is 1. The summed E-state index contributed by atoms with van der Waals surface area (Å²) in [5.41, 5.74) is 0.243.